The highest BCUT2D eigenvalue weighted by Crippen LogP contribution is 2.21. The molecule has 2 atom stereocenters. The zero-order chi connectivity index (χ0) is 13.1. The van der Waals surface area contributed by atoms with Crippen LogP contribution in [0.25, 0.3) is 0 Å². The lowest BCUT2D eigenvalue weighted by Gasteiger charge is -2.27. The minimum absolute atomic E-state index is 0.223. The van der Waals surface area contributed by atoms with Crippen LogP contribution in [-0.4, -0.2) is 30.7 Å². The molecule has 0 aromatic heterocycles. The molecule has 0 amide bonds. The molecule has 3 nitrogen and oxygen atoms in total. The number of hydrogen-bond acceptors (Lipinski definition) is 3. The Bertz CT molecular complexity index is 411. The summed E-state index contributed by atoms with van der Waals surface area (Å²) in [5, 5.41) is 0. The highest BCUT2D eigenvalue weighted by molar-refractivity contribution is 5.27. The van der Waals surface area contributed by atoms with E-state index in [-0.39, 0.29) is 11.9 Å². The average molecular weight is 252 g/mol. The predicted octanol–water partition coefficient (Wildman–Crippen LogP) is 1.89. The van der Waals surface area contributed by atoms with Gasteiger partial charge in [0, 0.05) is 25.7 Å². The normalized spacial score (nSPS) is 23.8. The first-order valence-electron chi connectivity index (χ1n) is 6.41. The number of likely N-dealkylation sites (N-methyl/N-ethyl adjacent to an activating group) is 1. The fourth-order valence-electron chi connectivity index (χ4n) is 2.62. The quantitative estimate of drug-likeness (QED) is 0.889. The van der Waals surface area contributed by atoms with Gasteiger partial charge in [0.1, 0.15) is 5.82 Å². The maximum Gasteiger partial charge on any atom is 0.123 e. The van der Waals surface area contributed by atoms with Crippen LogP contribution in [0.3, 0.4) is 0 Å². The van der Waals surface area contributed by atoms with Crippen LogP contribution < -0.4 is 5.73 Å². The number of nitrogens with two attached hydrogens (primary N) is 1. The van der Waals surface area contributed by atoms with E-state index in [1.807, 2.05) is 6.07 Å². The second-order valence-corrected chi connectivity index (χ2v) is 4.96. The number of ether oxygens (including phenoxy) is 1. The topological polar surface area (TPSA) is 38.5 Å². The molecular weight excluding hydrogens is 231 g/mol. The molecule has 1 aromatic carbocycles. The van der Waals surface area contributed by atoms with Gasteiger partial charge in [-0.05, 0) is 43.7 Å². The average Bonchev–Trinajstić information content (AvgIpc) is 2.77. The molecule has 0 saturated carbocycles. The lowest BCUT2D eigenvalue weighted by molar-refractivity contribution is 0.0813. The van der Waals surface area contributed by atoms with Crippen LogP contribution in [0.15, 0.2) is 18.2 Å². The van der Waals surface area contributed by atoms with Crippen molar-refractivity contribution in [3.63, 3.8) is 0 Å². The third-order valence-corrected chi connectivity index (χ3v) is 3.71. The molecule has 0 radical (unpaired) electrons. The SMILES string of the molecule is CC1OCCC1N(C)Cc1ccc(F)cc1CN. The second kappa shape index (κ2) is 5.78. The third-order valence-electron chi connectivity index (χ3n) is 3.71. The van der Waals surface area contributed by atoms with Gasteiger partial charge >= 0.3 is 0 Å². The summed E-state index contributed by atoms with van der Waals surface area (Å²) in [5.74, 6) is -0.223. The Labute approximate surface area is 108 Å². The Morgan fingerprint density at radius 2 is 2.22 bits per heavy atom. The first kappa shape index (κ1) is 13.5. The van der Waals surface area contributed by atoms with Gasteiger partial charge < -0.3 is 10.5 Å². The molecular formula is C14H21FN2O. The molecule has 1 fully saturated rings. The van der Waals surface area contributed by atoms with Gasteiger partial charge in [0.25, 0.3) is 0 Å². The zero-order valence-electron chi connectivity index (χ0n) is 11.0. The van der Waals surface area contributed by atoms with E-state index in [1.165, 1.54) is 12.1 Å². The van der Waals surface area contributed by atoms with Crippen molar-refractivity contribution in [1.29, 1.82) is 0 Å². The largest absolute Gasteiger partial charge is 0.377 e. The third kappa shape index (κ3) is 2.88. The predicted molar refractivity (Wildman–Crippen MR) is 69.6 cm³/mol. The summed E-state index contributed by atoms with van der Waals surface area (Å²) in [6.45, 7) is 4.08. The van der Waals surface area contributed by atoms with Gasteiger partial charge in [-0.3, -0.25) is 4.90 Å². The molecule has 1 aliphatic rings. The van der Waals surface area contributed by atoms with Crippen LogP contribution in [0.4, 0.5) is 4.39 Å². The van der Waals surface area contributed by atoms with E-state index in [0.717, 1.165) is 30.7 Å². The molecule has 18 heavy (non-hydrogen) atoms. The summed E-state index contributed by atoms with van der Waals surface area (Å²) < 4.78 is 18.7. The number of rotatable bonds is 4. The van der Waals surface area contributed by atoms with Crippen LogP contribution in [0, 0.1) is 5.82 Å². The first-order chi connectivity index (χ1) is 8.61. The van der Waals surface area contributed by atoms with E-state index in [4.69, 9.17) is 10.5 Å². The molecule has 1 aliphatic heterocycles. The van der Waals surface area contributed by atoms with E-state index in [0.29, 0.717) is 12.6 Å². The summed E-state index contributed by atoms with van der Waals surface area (Å²) in [4.78, 5) is 2.27. The van der Waals surface area contributed by atoms with Crippen molar-refractivity contribution in [1.82, 2.24) is 4.90 Å². The van der Waals surface area contributed by atoms with Crippen molar-refractivity contribution in [2.45, 2.75) is 38.6 Å². The maximum absolute atomic E-state index is 13.1. The van der Waals surface area contributed by atoms with Crippen LogP contribution in [-0.2, 0) is 17.8 Å². The minimum atomic E-state index is -0.223. The number of nitrogens with zero attached hydrogens (tertiary/aromatic N) is 1. The van der Waals surface area contributed by atoms with Gasteiger partial charge in [-0.15, -0.1) is 0 Å². The fourth-order valence-corrected chi connectivity index (χ4v) is 2.62. The number of hydrogen-bond donors (Lipinski definition) is 1. The zero-order valence-corrected chi connectivity index (χ0v) is 11.0. The molecule has 0 spiro atoms. The van der Waals surface area contributed by atoms with Gasteiger partial charge in [0.15, 0.2) is 0 Å². The van der Waals surface area contributed by atoms with Crippen molar-refractivity contribution in [3.8, 4) is 0 Å². The summed E-state index contributed by atoms with van der Waals surface area (Å²) in [7, 11) is 2.08. The summed E-state index contributed by atoms with van der Waals surface area (Å²) in [6.07, 6.45) is 1.31. The Kier molecular flexibility index (Phi) is 4.32. The molecule has 2 N–H and O–H groups in total. The van der Waals surface area contributed by atoms with Crippen molar-refractivity contribution in [2.24, 2.45) is 5.73 Å². The lowest BCUT2D eigenvalue weighted by Crippen LogP contribution is -2.36. The van der Waals surface area contributed by atoms with E-state index in [2.05, 4.69) is 18.9 Å². The standard InChI is InChI=1S/C14H21FN2O/c1-10-14(5-6-18-10)17(2)9-11-3-4-13(15)7-12(11)8-16/h3-4,7,10,14H,5-6,8-9,16H2,1-2H3. The summed E-state index contributed by atoms with van der Waals surface area (Å²) >= 11 is 0. The van der Waals surface area contributed by atoms with Gasteiger partial charge in [-0.25, -0.2) is 4.39 Å². The van der Waals surface area contributed by atoms with E-state index in [1.54, 1.807) is 0 Å². The van der Waals surface area contributed by atoms with E-state index in [9.17, 15) is 4.39 Å². The Balaban J connectivity index is 2.08. The van der Waals surface area contributed by atoms with Gasteiger partial charge in [-0.2, -0.15) is 0 Å². The van der Waals surface area contributed by atoms with Crippen LogP contribution >= 0.6 is 0 Å². The van der Waals surface area contributed by atoms with Crippen molar-refractivity contribution in [3.05, 3.63) is 35.1 Å². The summed E-state index contributed by atoms with van der Waals surface area (Å²) in [5.41, 5.74) is 7.65. The molecule has 0 aliphatic carbocycles. The maximum atomic E-state index is 13.1. The van der Waals surface area contributed by atoms with Crippen molar-refractivity contribution >= 4 is 0 Å². The van der Waals surface area contributed by atoms with Gasteiger partial charge in [0.2, 0.25) is 0 Å². The summed E-state index contributed by atoms with van der Waals surface area (Å²) in [6, 6.07) is 5.28. The molecule has 0 bridgehead atoms. The van der Waals surface area contributed by atoms with Crippen molar-refractivity contribution < 1.29 is 9.13 Å². The van der Waals surface area contributed by atoms with Gasteiger partial charge in [0.05, 0.1) is 6.10 Å². The Hall–Kier alpha value is -0.970. The molecule has 4 heteroatoms. The minimum Gasteiger partial charge on any atom is -0.377 e. The lowest BCUT2D eigenvalue weighted by atomic mass is 10.0. The first-order valence-corrected chi connectivity index (χ1v) is 6.41. The number of benzene rings is 1. The molecule has 1 saturated heterocycles. The molecule has 1 aromatic rings. The molecule has 2 rings (SSSR count). The van der Waals surface area contributed by atoms with Crippen LogP contribution in [0.2, 0.25) is 0 Å². The Morgan fingerprint density at radius 3 is 2.83 bits per heavy atom. The van der Waals surface area contributed by atoms with Crippen LogP contribution in [0.1, 0.15) is 24.5 Å². The van der Waals surface area contributed by atoms with E-state index >= 15 is 0 Å². The molecule has 100 valence electrons. The fraction of sp³-hybridized carbons (Fsp3) is 0.571. The highest BCUT2D eigenvalue weighted by Gasteiger charge is 2.27. The smallest absolute Gasteiger partial charge is 0.123 e. The number of halogens is 1. The Morgan fingerprint density at radius 1 is 1.44 bits per heavy atom. The molecule has 1 heterocycles. The van der Waals surface area contributed by atoms with E-state index < -0.39 is 0 Å². The van der Waals surface area contributed by atoms with Crippen LogP contribution in [0.5, 0.6) is 0 Å². The van der Waals surface area contributed by atoms with Crippen molar-refractivity contribution in [2.75, 3.05) is 13.7 Å². The monoisotopic (exact) mass is 252 g/mol. The highest BCUT2D eigenvalue weighted by atomic mass is 19.1. The van der Waals surface area contributed by atoms with Gasteiger partial charge in [-0.1, -0.05) is 6.07 Å². The molecule has 2 unspecified atom stereocenters. The second-order valence-electron chi connectivity index (χ2n) is 4.96.